The van der Waals surface area contributed by atoms with Crippen molar-refractivity contribution in [1.82, 2.24) is 15.2 Å². The van der Waals surface area contributed by atoms with E-state index in [1.54, 1.807) is 12.3 Å². The summed E-state index contributed by atoms with van der Waals surface area (Å²) < 4.78 is 0.846. The molecule has 0 saturated heterocycles. The number of amidine groups is 1. The second kappa shape index (κ2) is 5.11. The molecule has 2 aromatic heterocycles. The number of hydrogen-bond acceptors (Lipinski definition) is 7. The number of aromatic nitrogens is 3. The number of aryl methyl sites for hydroxylation is 1. The molecule has 0 fully saturated rings. The SMILES string of the molecule is Cc1nnc(Sc2ccnc(C(N)=NO)c2)s1. The van der Waals surface area contributed by atoms with Crippen molar-refractivity contribution in [3.05, 3.63) is 29.0 Å². The minimum absolute atomic E-state index is 0.0131. The summed E-state index contributed by atoms with van der Waals surface area (Å²) in [5.41, 5.74) is 5.89. The third-order valence-corrected chi connectivity index (χ3v) is 3.69. The lowest BCUT2D eigenvalue weighted by molar-refractivity contribution is 0.318. The summed E-state index contributed by atoms with van der Waals surface area (Å²) in [6, 6.07) is 3.56. The summed E-state index contributed by atoms with van der Waals surface area (Å²) in [6.07, 6.45) is 1.60. The van der Waals surface area contributed by atoms with Crippen LogP contribution in [0, 0.1) is 6.92 Å². The fraction of sp³-hybridized carbons (Fsp3) is 0.111. The van der Waals surface area contributed by atoms with E-state index < -0.39 is 0 Å². The number of oxime groups is 1. The van der Waals surface area contributed by atoms with Gasteiger partial charge in [0.25, 0.3) is 0 Å². The van der Waals surface area contributed by atoms with E-state index in [4.69, 9.17) is 10.9 Å². The highest BCUT2D eigenvalue weighted by atomic mass is 32.2. The second-order valence-corrected chi connectivity index (χ2v) is 5.55. The van der Waals surface area contributed by atoms with Crippen molar-refractivity contribution in [2.24, 2.45) is 10.9 Å². The molecule has 6 nitrogen and oxygen atoms in total. The Labute approximate surface area is 106 Å². The standard InChI is InChI=1S/C9H9N5OS2/c1-5-12-13-9(16-5)17-6-2-3-11-7(4-6)8(10)14-15/h2-4,15H,1H3,(H2,10,14). The van der Waals surface area contributed by atoms with Gasteiger partial charge in [-0.05, 0) is 19.1 Å². The molecule has 0 unspecified atom stereocenters. The normalized spacial score (nSPS) is 11.7. The van der Waals surface area contributed by atoms with Gasteiger partial charge >= 0.3 is 0 Å². The van der Waals surface area contributed by atoms with Crippen molar-refractivity contribution in [3.8, 4) is 0 Å². The molecular formula is C9H9N5OS2. The van der Waals surface area contributed by atoms with Crippen LogP contribution in [0.25, 0.3) is 0 Å². The van der Waals surface area contributed by atoms with Crippen molar-refractivity contribution < 1.29 is 5.21 Å². The largest absolute Gasteiger partial charge is 0.409 e. The Morgan fingerprint density at radius 1 is 1.53 bits per heavy atom. The Kier molecular flexibility index (Phi) is 3.55. The van der Waals surface area contributed by atoms with Gasteiger partial charge < -0.3 is 10.9 Å². The zero-order valence-corrected chi connectivity index (χ0v) is 10.5. The van der Waals surface area contributed by atoms with E-state index >= 15 is 0 Å². The van der Waals surface area contributed by atoms with Crippen molar-refractivity contribution in [2.75, 3.05) is 0 Å². The lowest BCUT2D eigenvalue weighted by atomic mass is 10.3. The van der Waals surface area contributed by atoms with Gasteiger partial charge in [-0.25, -0.2) is 0 Å². The molecule has 0 atom stereocenters. The molecule has 0 aliphatic carbocycles. The molecule has 0 aliphatic rings. The third-order valence-electron chi connectivity index (χ3n) is 1.81. The van der Waals surface area contributed by atoms with Gasteiger partial charge in [0.05, 0.1) is 0 Å². The van der Waals surface area contributed by atoms with Crippen LogP contribution < -0.4 is 5.73 Å². The molecule has 88 valence electrons. The predicted octanol–water partition coefficient (Wildman–Crippen LogP) is 1.49. The summed E-state index contributed by atoms with van der Waals surface area (Å²) in [4.78, 5) is 4.91. The van der Waals surface area contributed by atoms with Crippen molar-refractivity contribution in [2.45, 2.75) is 16.2 Å². The van der Waals surface area contributed by atoms with Crippen LogP contribution >= 0.6 is 23.1 Å². The number of nitrogens with zero attached hydrogens (tertiary/aromatic N) is 4. The van der Waals surface area contributed by atoms with Crippen LogP contribution in [-0.4, -0.2) is 26.2 Å². The first-order valence-corrected chi connectivity index (χ1v) is 6.24. The molecule has 0 bridgehead atoms. The minimum atomic E-state index is -0.0131. The number of hydrogen-bond donors (Lipinski definition) is 2. The van der Waals surface area contributed by atoms with Gasteiger partial charge in [-0.15, -0.1) is 10.2 Å². The maximum atomic E-state index is 8.57. The van der Waals surface area contributed by atoms with Crippen LogP contribution in [-0.2, 0) is 0 Å². The molecule has 2 aromatic rings. The van der Waals surface area contributed by atoms with E-state index in [9.17, 15) is 0 Å². The molecule has 0 amide bonds. The van der Waals surface area contributed by atoms with E-state index in [0.717, 1.165) is 14.2 Å². The van der Waals surface area contributed by atoms with Gasteiger partial charge in [0.2, 0.25) is 0 Å². The first-order valence-electron chi connectivity index (χ1n) is 4.61. The highest BCUT2D eigenvalue weighted by Gasteiger charge is 2.06. The molecule has 0 saturated carbocycles. The van der Waals surface area contributed by atoms with Crippen LogP contribution in [0.3, 0.4) is 0 Å². The summed E-state index contributed by atoms with van der Waals surface area (Å²) in [7, 11) is 0. The first kappa shape index (κ1) is 11.8. The van der Waals surface area contributed by atoms with Crippen LogP contribution in [0.5, 0.6) is 0 Å². The van der Waals surface area contributed by atoms with Crippen molar-refractivity contribution >= 4 is 28.9 Å². The molecule has 8 heteroatoms. The smallest absolute Gasteiger partial charge is 0.188 e. The van der Waals surface area contributed by atoms with Crippen LogP contribution in [0.4, 0.5) is 0 Å². The number of pyridine rings is 1. The monoisotopic (exact) mass is 267 g/mol. The Bertz CT molecular complexity index is 554. The van der Waals surface area contributed by atoms with E-state index in [2.05, 4.69) is 20.3 Å². The van der Waals surface area contributed by atoms with E-state index in [1.165, 1.54) is 23.1 Å². The van der Waals surface area contributed by atoms with Crippen LogP contribution in [0.2, 0.25) is 0 Å². The fourth-order valence-electron chi connectivity index (χ4n) is 1.09. The number of nitrogens with two attached hydrogens (primary N) is 1. The Morgan fingerprint density at radius 2 is 2.35 bits per heavy atom. The van der Waals surface area contributed by atoms with E-state index in [1.807, 2.05) is 13.0 Å². The molecule has 3 N–H and O–H groups in total. The van der Waals surface area contributed by atoms with Crippen LogP contribution in [0.1, 0.15) is 10.7 Å². The van der Waals surface area contributed by atoms with Gasteiger partial charge in [0.1, 0.15) is 10.7 Å². The third kappa shape index (κ3) is 2.92. The second-order valence-electron chi connectivity index (χ2n) is 3.05. The van der Waals surface area contributed by atoms with Gasteiger partial charge in [-0.2, -0.15) is 0 Å². The molecule has 0 aliphatic heterocycles. The maximum absolute atomic E-state index is 8.57. The molecule has 2 rings (SSSR count). The van der Waals surface area contributed by atoms with Gasteiger partial charge in [0.15, 0.2) is 10.2 Å². The quantitative estimate of drug-likeness (QED) is 0.378. The molecule has 17 heavy (non-hydrogen) atoms. The average molecular weight is 267 g/mol. The zero-order valence-electron chi connectivity index (χ0n) is 8.86. The average Bonchev–Trinajstić information content (AvgIpc) is 2.74. The van der Waals surface area contributed by atoms with Gasteiger partial charge in [0, 0.05) is 11.1 Å². The summed E-state index contributed by atoms with van der Waals surface area (Å²) in [6.45, 7) is 1.90. The molecule has 0 spiro atoms. The lowest BCUT2D eigenvalue weighted by Crippen LogP contribution is -2.14. The van der Waals surface area contributed by atoms with Crippen molar-refractivity contribution in [1.29, 1.82) is 0 Å². The summed E-state index contributed by atoms with van der Waals surface area (Å²) >= 11 is 2.98. The predicted molar refractivity (Wildman–Crippen MR) is 65.5 cm³/mol. The highest BCUT2D eigenvalue weighted by Crippen LogP contribution is 2.29. The fourth-order valence-corrected chi connectivity index (χ4v) is 2.90. The summed E-state index contributed by atoms with van der Waals surface area (Å²) in [5, 5.41) is 20.3. The Morgan fingerprint density at radius 3 is 3.00 bits per heavy atom. The molecular weight excluding hydrogens is 258 g/mol. The lowest BCUT2D eigenvalue weighted by Gasteiger charge is -2.00. The maximum Gasteiger partial charge on any atom is 0.188 e. The van der Waals surface area contributed by atoms with Gasteiger partial charge in [-0.1, -0.05) is 28.3 Å². The van der Waals surface area contributed by atoms with Crippen molar-refractivity contribution in [3.63, 3.8) is 0 Å². The van der Waals surface area contributed by atoms with E-state index in [0.29, 0.717) is 5.69 Å². The summed E-state index contributed by atoms with van der Waals surface area (Å²) in [5.74, 6) is -0.0131. The topological polar surface area (TPSA) is 97.3 Å². The minimum Gasteiger partial charge on any atom is -0.409 e. The van der Waals surface area contributed by atoms with Crippen LogP contribution in [0.15, 0.2) is 32.7 Å². The van der Waals surface area contributed by atoms with E-state index in [-0.39, 0.29) is 5.84 Å². The molecule has 0 aromatic carbocycles. The van der Waals surface area contributed by atoms with Gasteiger partial charge in [-0.3, -0.25) is 4.98 Å². The highest BCUT2D eigenvalue weighted by molar-refractivity contribution is 8.01. The Balaban J connectivity index is 2.22. The first-order chi connectivity index (χ1) is 8.19. The zero-order chi connectivity index (χ0) is 12.3. The molecule has 2 heterocycles. The Hall–Kier alpha value is -1.67. The number of rotatable bonds is 3. The molecule has 0 radical (unpaired) electrons.